The van der Waals surface area contributed by atoms with Gasteiger partial charge in [0.1, 0.15) is 0 Å². The molecule has 2 N–H and O–H groups in total. The fourth-order valence-corrected chi connectivity index (χ4v) is 5.52. The van der Waals surface area contributed by atoms with E-state index in [2.05, 4.69) is 19.1 Å². The van der Waals surface area contributed by atoms with E-state index in [9.17, 15) is 15.0 Å². The quantitative estimate of drug-likeness (QED) is 0.173. The van der Waals surface area contributed by atoms with Crippen molar-refractivity contribution < 1.29 is 19.7 Å². The van der Waals surface area contributed by atoms with Gasteiger partial charge >= 0.3 is 5.97 Å². The summed E-state index contributed by atoms with van der Waals surface area (Å²) in [4.78, 5) is 12.6. The van der Waals surface area contributed by atoms with Crippen LogP contribution in [0.5, 0.6) is 11.8 Å². The van der Waals surface area contributed by atoms with Crippen molar-refractivity contribution in [2.45, 2.75) is 89.4 Å². The minimum atomic E-state index is -0.422. The number of benzene rings is 1. The zero-order valence-corrected chi connectivity index (χ0v) is 20.8. The molecule has 2 aromatic rings. The Morgan fingerprint density at radius 2 is 1.50 bits per heavy atom. The van der Waals surface area contributed by atoms with Crippen LogP contribution in [-0.2, 0) is 4.74 Å². The molecule has 2 aliphatic rings. The fourth-order valence-electron chi connectivity index (χ4n) is 5.32. The van der Waals surface area contributed by atoms with Crippen molar-refractivity contribution in [2.75, 3.05) is 6.61 Å². The summed E-state index contributed by atoms with van der Waals surface area (Å²) in [5, 5.41) is 22.1. The first-order valence-corrected chi connectivity index (χ1v) is 13.2. The Kier molecular flexibility index (Phi) is 8.25. The van der Waals surface area contributed by atoms with Crippen LogP contribution in [0.3, 0.4) is 0 Å². The van der Waals surface area contributed by atoms with Crippen molar-refractivity contribution >= 4 is 17.6 Å². The molecule has 2 aliphatic carbocycles. The molecule has 4 rings (SSSR count). The van der Waals surface area contributed by atoms with E-state index in [-0.39, 0.29) is 23.6 Å². The lowest BCUT2D eigenvalue weighted by Crippen LogP contribution is -2.08. The van der Waals surface area contributed by atoms with E-state index < -0.39 is 5.97 Å². The highest BCUT2D eigenvalue weighted by atomic mass is 35.5. The van der Waals surface area contributed by atoms with Crippen molar-refractivity contribution in [1.29, 1.82) is 0 Å². The Balaban J connectivity index is 1.29. The number of rotatable bonds is 13. The molecule has 1 aromatic carbocycles. The monoisotopic (exact) mass is 485 g/mol. The van der Waals surface area contributed by atoms with E-state index in [0.29, 0.717) is 22.9 Å². The van der Waals surface area contributed by atoms with Gasteiger partial charge in [-0.25, -0.2) is 9.36 Å². The summed E-state index contributed by atoms with van der Waals surface area (Å²) in [5.74, 6) is -0.223. The van der Waals surface area contributed by atoms with Gasteiger partial charge in [0, 0.05) is 23.0 Å². The van der Waals surface area contributed by atoms with Crippen LogP contribution in [0, 0.1) is 0 Å². The lowest BCUT2D eigenvalue weighted by Gasteiger charge is -2.13. The molecule has 0 aliphatic heterocycles. The summed E-state index contributed by atoms with van der Waals surface area (Å²) in [7, 11) is 0. The lowest BCUT2D eigenvalue weighted by atomic mass is 10.0. The third-order valence-electron chi connectivity index (χ3n) is 7.17. The highest BCUT2D eigenvalue weighted by Gasteiger charge is 2.41. The number of allylic oxidation sites excluding steroid dienone is 2. The summed E-state index contributed by atoms with van der Waals surface area (Å²) in [6.07, 6.45) is 17.3. The van der Waals surface area contributed by atoms with Gasteiger partial charge in [-0.2, -0.15) is 0 Å². The highest BCUT2D eigenvalue weighted by molar-refractivity contribution is 6.32. The second kappa shape index (κ2) is 11.4. The van der Waals surface area contributed by atoms with Gasteiger partial charge < -0.3 is 14.9 Å². The molecule has 2 atom stereocenters. The van der Waals surface area contributed by atoms with Gasteiger partial charge in [-0.05, 0) is 31.0 Å². The van der Waals surface area contributed by atoms with Crippen LogP contribution in [0.1, 0.15) is 111 Å². The molecule has 2 bridgehead atoms. The molecule has 5 nitrogen and oxygen atoms in total. The van der Waals surface area contributed by atoms with Gasteiger partial charge in [0.2, 0.25) is 11.8 Å². The number of ether oxygens (including phenoxy) is 1. The van der Waals surface area contributed by atoms with Gasteiger partial charge in [0.15, 0.2) is 0 Å². The van der Waals surface area contributed by atoms with Crippen LogP contribution in [0.15, 0.2) is 30.4 Å². The van der Waals surface area contributed by atoms with Crippen molar-refractivity contribution in [2.24, 2.45) is 0 Å². The van der Waals surface area contributed by atoms with Crippen LogP contribution < -0.4 is 0 Å². The van der Waals surface area contributed by atoms with Crippen LogP contribution in [-0.4, -0.2) is 27.4 Å². The SMILES string of the molecule is CCCCCCCCCCCCOC(=O)c1ccc(Cl)c(-n2c(O)c3c(c2O)C2C=CC3C2)c1. The summed E-state index contributed by atoms with van der Waals surface area (Å²) < 4.78 is 6.82. The number of halogens is 1. The Morgan fingerprint density at radius 1 is 0.941 bits per heavy atom. The maximum atomic E-state index is 12.6. The van der Waals surface area contributed by atoms with Crippen molar-refractivity contribution in [3.63, 3.8) is 0 Å². The molecule has 0 spiro atoms. The molecule has 1 aromatic heterocycles. The number of hydrogen-bond donors (Lipinski definition) is 2. The van der Waals surface area contributed by atoms with Crippen LogP contribution in [0.2, 0.25) is 5.02 Å². The number of fused-ring (bicyclic) bond motifs is 5. The highest BCUT2D eigenvalue weighted by Crippen LogP contribution is 2.57. The van der Waals surface area contributed by atoms with E-state index in [1.165, 1.54) is 55.9 Å². The number of nitrogens with zero attached hydrogens (tertiary/aromatic N) is 1. The first-order valence-electron chi connectivity index (χ1n) is 12.8. The smallest absolute Gasteiger partial charge is 0.338 e. The number of aromatic nitrogens is 1. The van der Waals surface area contributed by atoms with Gasteiger partial charge in [0.25, 0.3) is 0 Å². The summed E-state index contributed by atoms with van der Waals surface area (Å²) in [5.41, 5.74) is 2.24. The van der Waals surface area contributed by atoms with Crippen molar-refractivity contribution in [3.8, 4) is 17.4 Å². The van der Waals surface area contributed by atoms with Crippen LogP contribution in [0.25, 0.3) is 5.69 Å². The summed E-state index contributed by atoms with van der Waals surface area (Å²) in [6.45, 7) is 2.62. The number of carbonyl (C=O) groups is 1. The zero-order valence-electron chi connectivity index (χ0n) is 20.1. The van der Waals surface area contributed by atoms with E-state index in [1.54, 1.807) is 18.2 Å². The number of aromatic hydroxyl groups is 2. The standard InChI is InChI=1S/C28H36ClNO4/c1-2-3-4-5-6-7-8-9-10-11-16-34-28(33)21-14-15-22(29)23(18-21)30-26(31)24-19-12-13-20(17-19)25(24)27(30)32/h12-15,18-20,31-32H,2-11,16-17H2,1H3. The second-order valence-electron chi connectivity index (χ2n) is 9.63. The van der Waals surface area contributed by atoms with E-state index in [0.717, 1.165) is 30.4 Å². The summed E-state index contributed by atoms with van der Waals surface area (Å²) in [6, 6.07) is 4.79. The van der Waals surface area contributed by atoms with Crippen LogP contribution >= 0.6 is 11.6 Å². The molecule has 34 heavy (non-hydrogen) atoms. The zero-order chi connectivity index (χ0) is 24.1. The number of carbonyl (C=O) groups excluding carboxylic acids is 1. The minimum absolute atomic E-state index is 0.0119. The van der Waals surface area contributed by atoms with Gasteiger partial charge in [-0.3, -0.25) is 0 Å². The third kappa shape index (κ3) is 5.14. The minimum Gasteiger partial charge on any atom is -0.494 e. The first kappa shape index (κ1) is 24.7. The first-order chi connectivity index (χ1) is 16.5. The van der Waals surface area contributed by atoms with Gasteiger partial charge in [-0.1, -0.05) is 88.5 Å². The molecule has 1 heterocycles. The second-order valence-corrected chi connectivity index (χ2v) is 10.0. The maximum Gasteiger partial charge on any atom is 0.338 e. The molecular weight excluding hydrogens is 450 g/mol. The molecule has 0 saturated heterocycles. The Hall–Kier alpha value is -2.40. The topological polar surface area (TPSA) is 71.7 Å². The molecule has 0 fully saturated rings. The van der Waals surface area contributed by atoms with Crippen molar-refractivity contribution in [3.05, 3.63) is 52.1 Å². The van der Waals surface area contributed by atoms with Gasteiger partial charge in [-0.15, -0.1) is 0 Å². The predicted molar refractivity (Wildman–Crippen MR) is 135 cm³/mol. The predicted octanol–water partition coefficient (Wildman–Crippen LogP) is 7.76. The fraction of sp³-hybridized carbons (Fsp3) is 0.536. The molecule has 0 saturated carbocycles. The third-order valence-corrected chi connectivity index (χ3v) is 7.49. The molecule has 6 heteroatoms. The molecule has 184 valence electrons. The Bertz CT molecular complexity index is 1010. The average Bonchev–Trinajstić information content (AvgIpc) is 3.51. The lowest BCUT2D eigenvalue weighted by molar-refractivity contribution is 0.0497. The Morgan fingerprint density at radius 3 is 2.09 bits per heavy atom. The number of hydrogen-bond acceptors (Lipinski definition) is 4. The van der Waals surface area contributed by atoms with E-state index in [1.807, 2.05) is 0 Å². The molecular formula is C28H36ClNO4. The Labute approximate surface area is 207 Å². The molecule has 2 unspecified atom stereocenters. The largest absolute Gasteiger partial charge is 0.494 e. The normalized spacial score (nSPS) is 17.9. The van der Waals surface area contributed by atoms with E-state index >= 15 is 0 Å². The average molecular weight is 486 g/mol. The maximum absolute atomic E-state index is 12.6. The van der Waals surface area contributed by atoms with E-state index in [4.69, 9.17) is 16.3 Å². The number of esters is 1. The van der Waals surface area contributed by atoms with Gasteiger partial charge in [0.05, 0.1) is 22.9 Å². The number of unbranched alkanes of at least 4 members (excludes halogenated alkanes) is 9. The molecule has 0 amide bonds. The van der Waals surface area contributed by atoms with Crippen LogP contribution in [0.4, 0.5) is 0 Å². The van der Waals surface area contributed by atoms with Crippen molar-refractivity contribution in [1.82, 2.24) is 4.57 Å². The molecule has 0 radical (unpaired) electrons. The summed E-state index contributed by atoms with van der Waals surface area (Å²) >= 11 is 6.40.